The van der Waals surface area contributed by atoms with Crippen molar-refractivity contribution in [2.24, 2.45) is 0 Å². The maximum Gasteiger partial charge on any atom is 0.319 e. The van der Waals surface area contributed by atoms with Gasteiger partial charge in [-0.05, 0) is 38.0 Å². The van der Waals surface area contributed by atoms with Gasteiger partial charge in [-0.15, -0.1) is 0 Å². The summed E-state index contributed by atoms with van der Waals surface area (Å²) in [6.07, 6.45) is 1.43. The smallest absolute Gasteiger partial charge is 0.319 e. The van der Waals surface area contributed by atoms with Crippen LogP contribution in [0.15, 0.2) is 54.6 Å². The fourth-order valence-corrected chi connectivity index (χ4v) is 3.63. The highest BCUT2D eigenvalue weighted by atomic mass is 16.5. The zero-order valence-electron chi connectivity index (χ0n) is 15.5. The lowest BCUT2D eigenvalue weighted by Gasteiger charge is -2.45. The first-order valence-electron chi connectivity index (χ1n) is 8.85. The topological polar surface area (TPSA) is 59.6 Å². The fraction of sp³-hybridized carbons (Fsp3) is 0.381. The molecule has 1 atom stereocenters. The predicted molar refractivity (Wildman–Crippen MR) is 103 cm³/mol. The molecule has 1 unspecified atom stereocenters. The highest BCUT2D eigenvalue weighted by molar-refractivity contribution is 5.90. The van der Waals surface area contributed by atoms with Crippen LogP contribution < -0.4 is 15.4 Å². The second-order valence-corrected chi connectivity index (χ2v) is 7.29. The molecule has 0 radical (unpaired) electrons. The number of benzene rings is 2. The minimum absolute atomic E-state index is 0.236. The van der Waals surface area contributed by atoms with E-state index in [9.17, 15) is 4.79 Å². The van der Waals surface area contributed by atoms with Crippen molar-refractivity contribution in [3.05, 3.63) is 60.2 Å². The highest BCUT2D eigenvalue weighted by Crippen LogP contribution is 2.39. The molecule has 1 heterocycles. The number of ether oxygens (including phenoxy) is 2. The Morgan fingerprint density at radius 3 is 2.58 bits per heavy atom. The van der Waals surface area contributed by atoms with Gasteiger partial charge < -0.3 is 20.1 Å². The number of hydrogen-bond acceptors (Lipinski definition) is 3. The van der Waals surface area contributed by atoms with Gasteiger partial charge in [0.1, 0.15) is 5.75 Å². The molecule has 2 aromatic carbocycles. The lowest BCUT2D eigenvalue weighted by atomic mass is 9.76. The summed E-state index contributed by atoms with van der Waals surface area (Å²) in [5.41, 5.74) is 1.01. The van der Waals surface area contributed by atoms with Crippen LogP contribution in [0.2, 0.25) is 0 Å². The predicted octanol–water partition coefficient (Wildman–Crippen LogP) is 4.30. The molecule has 2 amide bonds. The second kappa shape index (κ2) is 7.38. The maximum atomic E-state index is 12.8. The van der Waals surface area contributed by atoms with Gasteiger partial charge >= 0.3 is 6.03 Å². The lowest BCUT2D eigenvalue weighted by Crippen LogP contribution is -2.55. The minimum Gasteiger partial charge on any atom is -0.497 e. The maximum absolute atomic E-state index is 12.8. The van der Waals surface area contributed by atoms with Crippen molar-refractivity contribution in [3.63, 3.8) is 0 Å². The molecule has 5 heteroatoms. The summed E-state index contributed by atoms with van der Waals surface area (Å²) in [5.74, 6) is 0.702. The van der Waals surface area contributed by atoms with Gasteiger partial charge in [0.2, 0.25) is 0 Å². The van der Waals surface area contributed by atoms with Crippen molar-refractivity contribution in [2.45, 2.75) is 37.8 Å². The van der Waals surface area contributed by atoms with Gasteiger partial charge in [-0.2, -0.15) is 0 Å². The zero-order valence-corrected chi connectivity index (χ0v) is 15.5. The summed E-state index contributed by atoms with van der Waals surface area (Å²) < 4.78 is 11.1. The number of rotatable bonds is 4. The monoisotopic (exact) mass is 354 g/mol. The van der Waals surface area contributed by atoms with Gasteiger partial charge in [0.05, 0.1) is 18.2 Å². The quantitative estimate of drug-likeness (QED) is 0.860. The number of amides is 2. The van der Waals surface area contributed by atoms with Crippen molar-refractivity contribution >= 4 is 11.7 Å². The number of carbonyl (C=O) groups is 1. The molecule has 0 spiro atoms. The first kappa shape index (κ1) is 18.3. The number of nitrogens with one attached hydrogen (secondary N) is 2. The molecule has 1 aliphatic rings. The van der Waals surface area contributed by atoms with Gasteiger partial charge in [-0.1, -0.05) is 36.4 Å². The average Bonchev–Trinajstić information content (AvgIpc) is 2.61. The summed E-state index contributed by atoms with van der Waals surface area (Å²) in [6.45, 7) is 4.72. The molecule has 0 aliphatic carbocycles. The molecule has 1 aliphatic heterocycles. The molecule has 0 aromatic heterocycles. The number of hydrogen-bond donors (Lipinski definition) is 2. The third kappa shape index (κ3) is 4.17. The summed E-state index contributed by atoms with van der Waals surface area (Å²) in [6, 6.07) is 17.2. The van der Waals surface area contributed by atoms with Gasteiger partial charge in [0.25, 0.3) is 0 Å². The first-order valence-corrected chi connectivity index (χ1v) is 8.85. The third-order valence-electron chi connectivity index (χ3n) is 4.76. The standard InChI is InChI=1S/C21H26N2O3/c1-20(2)15-21(12-13-26-20,16-8-5-4-6-9-16)23-19(24)22-17-10-7-11-18(14-17)25-3/h4-11,14H,12-13,15H2,1-3H3,(H2,22,23,24). The Balaban J connectivity index is 1.82. The number of methoxy groups -OCH3 is 1. The summed E-state index contributed by atoms with van der Waals surface area (Å²) in [7, 11) is 1.60. The van der Waals surface area contributed by atoms with E-state index in [-0.39, 0.29) is 11.6 Å². The molecule has 26 heavy (non-hydrogen) atoms. The van der Waals surface area contributed by atoms with Crippen molar-refractivity contribution < 1.29 is 14.3 Å². The molecule has 2 aromatic rings. The zero-order chi connectivity index (χ0) is 18.6. The molecule has 5 nitrogen and oxygen atoms in total. The van der Waals surface area contributed by atoms with E-state index in [2.05, 4.69) is 36.6 Å². The molecular weight excluding hydrogens is 328 g/mol. The molecule has 1 saturated heterocycles. The molecule has 2 N–H and O–H groups in total. The van der Waals surface area contributed by atoms with E-state index >= 15 is 0 Å². The average molecular weight is 354 g/mol. The Bertz CT molecular complexity index is 761. The molecule has 0 saturated carbocycles. The number of carbonyl (C=O) groups excluding carboxylic acids is 1. The van der Waals surface area contributed by atoms with E-state index in [1.807, 2.05) is 36.4 Å². The molecule has 0 bridgehead atoms. The molecule has 3 rings (SSSR count). The van der Waals surface area contributed by atoms with E-state index in [1.165, 1.54) is 0 Å². The van der Waals surface area contributed by atoms with Crippen LogP contribution >= 0.6 is 0 Å². The SMILES string of the molecule is COc1cccc(NC(=O)NC2(c3ccccc3)CCOC(C)(C)C2)c1. The fourth-order valence-electron chi connectivity index (χ4n) is 3.63. The lowest BCUT2D eigenvalue weighted by molar-refractivity contribution is -0.0866. The van der Waals surface area contributed by atoms with Crippen LogP contribution in [-0.4, -0.2) is 25.3 Å². The Kier molecular flexibility index (Phi) is 5.18. The van der Waals surface area contributed by atoms with Gasteiger partial charge in [0, 0.05) is 24.8 Å². The van der Waals surface area contributed by atoms with Crippen molar-refractivity contribution in [1.29, 1.82) is 0 Å². The summed E-state index contributed by atoms with van der Waals surface area (Å²) >= 11 is 0. The molecule has 138 valence electrons. The van der Waals surface area contributed by atoms with Crippen LogP contribution in [0.25, 0.3) is 0 Å². The van der Waals surface area contributed by atoms with Crippen LogP contribution in [0.3, 0.4) is 0 Å². The van der Waals surface area contributed by atoms with Crippen LogP contribution in [0.5, 0.6) is 5.75 Å². The minimum atomic E-state index is -0.466. The van der Waals surface area contributed by atoms with Gasteiger partial charge in [-0.25, -0.2) is 4.79 Å². The third-order valence-corrected chi connectivity index (χ3v) is 4.76. The largest absolute Gasteiger partial charge is 0.497 e. The number of urea groups is 1. The van der Waals surface area contributed by atoms with Crippen molar-refractivity contribution in [3.8, 4) is 5.75 Å². The summed E-state index contributed by atoms with van der Waals surface area (Å²) in [4.78, 5) is 12.8. The highest BCUT2D eigenvalue weighted by Gasteiger charge is 2.43. The van der Waals surface area contributed by atoms with Gasteiger partial charge in [0.15, 0.2) is 0 Å². The van der Waals surface area contributed by atoms with E-state index in [0.717, 1.165) is 12.0 Å². The van der Waals surface area contributed by atoms with Gasteiger partial charge in [-0.3, -0.25) is 0 Å². The Hall–Kier alpha value is -2.53. The second-order valence-electron chi connectivity index (χ2n) is 7.29. The molecular formula is C21H26N2O3. The van der Waals surface area contributed by atoms with E-state index < -0.39 is 5.54 Å². The van der Waals surface area contributed by atoms with Crippen LogP contribution in [-0.2, 0) is 10.3 Å². The Labute approximate surface area is 154 Å². The number of anilines is 1. The van der Waals surface area contributed by atoms with Crippen LogP contribution in [0.1, 0.15) is 32.3 Å². The summed E-state index contributed by atoms with van der Waals surface area (Å²) in [5, 5.41) is 6.13. The van der Waals surface area contributed by atoms with Crippen LogP contribution in [0, 0.1) is 0 Å². The molecule has 1 fully saturated rings. The van der Waals surface area contributed by atoms with Crippen molar-refractivity contribution in [1.82, 2.24) is 5.32 Å². The van der Waals surface area contributed by atoms with E-state index in [4.69, 9.17) is 9.47 Å². The van der Waals surface area contributed by atoms with Crippen molar-refractivity contribution in [2.75, 3.05) is 19.0 Å². The first-order chi connectivity index (χ1) is 12.4. The van der Waals surface area contributed by atoms with E-state index in [1.54, 1.807) is 13.2 Å². The normalized spacial score (nSPS) is 21.7. The Morgan fingerprint density at radius 1 is 1.12 bits per heavy atom. The van der Waals surface area contributed by atoms with E-state index in [0.29, 0.717) is 24.5 Å². The Morgan fingerprint density at radius 2 is 1.88 bits per heavy atom. The van der Waals surface area contributed by atoms with Crippen LogP contribution in [0.4, 0.5) is 10.5 Å².